The Hall–Kier alpha value is -1.72. The van der Waals surface area contributed by atoms with Crippen LogP contribution in [-0.2, 0) is 25.7 Å². The van der Waals surface area contributed by atoms with E-state index in [2.05, 4.69) is 0 Å². The summed E-state index contributed by atoms with van der Waals surface area (Å²) in [6, 6.07) is 9.57. The van der Waals surface area contributed by atoms with E-state index in [0.29, 0.717) is 26.1 Å². The number of carbonyl (C=O) groups excluding carboxylic acids is 2. The van der Waals surface area contributed by atoms with Crippen molar-refractivity contribution >= 4 is 11.8 Å². The standard InChI is InChI=1S/C16H21NO4/c17-9-14(18)15-7-6-13(11-20-15)8-16(19)21-10-12-4-2-1-3-5-12/h1-5,13,15H,6-11,17H2/t13-,15-/m0/s1. The fourth-order valence-corrected chi connectivity index (χ4v) is 2.39. The Morgan fingerprint density at radius 1 is 1.24 bits per heavy atom. The molecule has 1 aromatic rings. The second-order valence-electron chi connectivity index (χ2n) is 5.29. The lowest BCUT2D eigenvalue weighted by Crippen LogP contribution is -2.36. The van der Waals surface area contributed by atoms with Gasteiger partial charge in [0.05, 0.1) is 19.6 Å². The molecule has 1 aliphatic heterocycles. The molecule has 0 unspecified atom stereocenters. The molecule has 1 heterocycles. The van der Waals surface area contributed by atoms with Crippen LogP contribution in [0, 0.1) is 5.92 Å². The SMILES string of the molecule is NCC(=O)[C@@H]1CC[C@@H](CC(=O)OCc2ccccc2)CO1. The number of benzene rings is 1. The zero-order valence-corrected chi connectivity index (χ0v) is 12.0. The fraction of sp³-hybridized carbons (Fsp3) is 0.500. The highest BCUT2D eigenvalue weighted by Crippen LogP contribution is 2.22. The van der Waals surface area contributed by atoms with Crippen molar-refractivity contribution in [1.82, 2.24) is 0 Å². The summed E-state index contributed by atoms with van der Waals surface area (Å²) in [6.07, 6.45) is 1.35. The Kier molecular flexibility index (Phi) is 5.90. The van der Waals surface area contributed by atoms with Crippen LogP contribution >= 0.6 is 0 Å². The third kappa shape index (κ3) is 4.95. The monoisotopic (exact) mass is 291 g/mol. The van der Waals surface area contributed by atoms with Crippen molar-refractivity contribution in [3.8, 4) is 0 Å². The first-order chi connectivity index (χ1) is 10.2. The minimum atomic E-state index is -0.397. The van der Waals surface area contributed by atoms with Crippen LogP contribution in [0.25, 0.3) is 0 Å². The zero-order valence-electron chi connectivity index (χ0n) is 12.0. The molecule has 1 saturated heterocycles. The van der Waals surface area contributed by atoms with Gasteiger partial charge in [-0.3, -0.25) is 9.59 Å². The lowest BCUT2D eigenvalue weighted by atomic mass is 9.94. The summed E-state index contributed by atoms with van der Waals surface area (Å²) in [5.41, 5.74) is 6.28. The molecule has 0 radical (unpaired) electrons. The molecular weight excluding hydrogens is 270 g/mol. The third-order valence-corrected chi connectivity index (χ3v) is 3.63. The van der Waals surface area contributed by atoms with E-state index < -0.39 is 6.10 Å². The number of ketones is 1. The zero-order chi connectivity index (χ0) is 15.1. The molecule has 21 heavy (non-hydrogen) atoms. The molecule has 2 N–H and O–H groups in total. The lowest BCUT2D eigenvalue weighted by molar-refractivity contribution is -0.148. The average Bonchev–Trinajstić information content (AvgIpc) is 2.54. The first kappa shape index (κ1) is 15.7. The summed E-state index contributed by atoms with van der Waals surface area (Å²) < 4.78 is 10.7. The maximum absolute atomic E-state index is 11.8. The highest BCUT2D eigenvalue weighted by Gasteiger charge is 2.27. The first-order valence-electron chi connectivity index (χ1n) is 7.23. The van der Waals surface area contributed by atoms with E-state index in [9.17, 15) is 9.59 Å². The normalized spacial score (nSPS) is 21.8. The second-order valence-corrected chi connectivity index (χ2v) is 5.29. The molecule has 1 aromatic carbocycles. The molecule has 1 fully saturated rings. The van der Waals surface area contributed by atoms with Crippen molar-refractivity contribution in [1.29, 1.82) is 0 Å². The van der Waals surface area contributed by atoms with Crippen molar-refractivity contribution in [3.05, 3.63) is 35.9 Å². The predicted molar refractivity (Wildman–Crippen MR) is 77.4 cm³/mol. The van der Waals surface area contributed by atoms with E-state index in [4.69, 9.17) is 15.2 Å². The second kappa shape index (κ2) is 7.90. The highest BCUT2D eigenvalue weighted by molar-refractivity contribution is 5.84. The molecule has 1 aliphatic rings. The molecule has 0 bridgehead atoms. The van der Waals surface area contributed by atoms with Crippen LogP contribution in [0.1, 0.15) is 24.8 Å². The van der Waals surface area contributed by atoms with Gasteiger partial charge < -0.3 is 15.2 Å². The molecule has 5 nitrogen and oxygen atoms in total. The molecule has 0 aromatic heterocycles. The van der Waals surface area contributed by atoms with E-state index in [-0.39, 0.29) is 24.2 Å². The molecule has 0 saturated carbocycles. The van der Waals surface area contributed by atoms with Crippen molar-refractivity contribution in [3.63, 3.8) is 0 Å². The summed E-state index contributed by atoms with van der Waals surface area (Å²) >= 11 is 0. The van der Waals surface area contributed by atoms with Crippen molar-refractivity contribution in [2.45, 2.75) is 32.0 Å². The maximum Gasteiger partial charge on any atom is 0.306 e. The van der Waals surface area contributed by atoms with E-state index >= 15 is 0 Å². The summed E-state index contributed by atoms with van der Waals surface area (Å²) in [7, 11) is 0. The van der Waals surface area contributed by atoms with Gasteiger partial charge in [-0.1, -0.05) is 30.3 Å². The first-order valence-corrected chi connectivity index (χ1v) is 7.23. The summed E-state index contributed by atoms with van der Waals surface area (Å²) in [6.45, 7) is 0.715. The Morgan fingerprint density at radius 2 is 2.00 bits per heavy atom. The molecule has 2 atom stereocenters. The van der Waals surface area contributed by atoms with E-state index in [1.165, 1.54) is 0 Å². The highest BCUT2D eigenvalue weighted by atomic mass is 16.5. The summed E-state index contributed by atoms with van der Waals surface area (Å²) in [5, 5.41) is 0. The van der Waals surface area contributed by atoms with Gasteiger partial charge in [0.2, 0.25) is 0 Å². The third-order valence-electron chi connectivity index (χ3n) is 3.63. The van der Waals surface area contributed by atoms with Crippen LogP contribution < -0.4 is 5.73 Å². The van der Waals surface area contributed by atoms with Crippen molar-refractivity contribution in [2.75, 3.05) is 13.2 Å². The molecule has 2 rings (SSSR count). The van der Waals surface area contributed by atoms with Crippen molar-refractivity contribution < 1.29 is 19.1 Å². The molecule has 5 heteroatoms. The predicted octanol–water partition coefficient (Wildman–Crippen LogP) is 1.44. The number of ether oxygens (including phenoxy) is 2. The molecule has 0 amide bonds. The molecule has 0 spiro atoms. The Morgan fingerprint density at radius 3 is 2.62 bits per heavy atom. The van der Waals surface area contributed by atoms with Gasteiger partial charge in [-0.25, -0.2) is 0 Å². The Balaban J connectivity index is 1.68. The van der Waals surface area contributed by atoms with Crippen LogP contribution in [0.2, 0.25) is 0 Å². The van der Waals surface area contributed by atoms with Gasteiger partial charge in [0.1, 0.15) is 12.7 Å². The molecule has 114 valence electrons. The van der Waals surface area contributed by atoms with Gasteiger partial charge >= 0.3 is 5.97 Å². The van der Waals surface area contributed by atoms with Gasteiger partial charge in [0.15, 0.2) is 5.78 Å². The van der Waals surface area contributed by atoms with E-state index in [1.807, 2.05) is 30.3 Å². The van der Waals surface area contributed by atoms with Gasteiger partial charge in [-0.05, 0) is 24.3 Å². The minimum Gasteiger partial charge on any atom is -0.461 e. The average molecular weight is 291 g/mol. The maximum atomic E-state index is 11.8. The van der Waals surface area contributed by atoms with Crippen LogP contribution in [-0.4, -0.2) is 31.0 Å². The number of esters is 1. The van der Waals surface area contributed by atoms with E-state index in [0.717, 1.165) is 12.0 Å². The molecule has 0 aliphatic carbocycles. The van der Waals surface area contributed by atoms with E-state index in [1.54, 1.807) is 0 Å². The Bertz CT molecular complexity index is 466. The Labute approximate surface area is 124 Å². The number of Topliss-reactive ketones (excluding diaryl/α,β-unsaturated/α-hetero) is 1. The van der Waals surface area contributed by atoms with Crippen LogP contribution in [0.5, 0.6) is 0 Å². The van der Waals surface area contributed by atoms with Crippen LogP contribution in [0.3, 0.4) is 0 Å². The fourth-order valence-electron chi connectivity index (χ4n) is 2.39. The minimum absolute atomic E-state index is 0.00838. The van der Waals surface area contributed by atoms with Crippen LogP contribution in [0.15, 0.2) is 30.3 Å². The largest absolute Gasteiger partial charge is 0.461 e. The van der Waals surface area contributed by atoms with Crippen molar-refractivity contribution in [2.24, 2.45) is 11.7 Å². The quantitative estimate of drug-likeness (QED) is 0.802. The number of hydrogen-bond acceptors (Lipinski definition) is 5. The smallest absolute Gasteiger partial charge is 0.306 e. The summed E-state index contributed by atoms with van der Waals surface area (Å²) in [4.78, 5) is 23.2. The van der Waals surface area contributed by atoms with Gasteiger partial charge in [-0.2, -0.15) is 0 Å². The number of nitrogens with two attached hydrogens (primary N) is 1. The van der Waals surface area contributed by atoms with Gasteiger partial charge in [0.25, 0.3) is 0 Å². The molecular formula is C16H21NO4. The number of rotatable bonds is 6. The van der Waals surface area contributed by atoms with Gasteiger partial charge in [0, 0.05) is 0 Å². The summed E-state index contributed by atoms with van der Waals surface area (Å²) in [5.74, 6) is -0.175. The van der Waals surface area contributed by atoms with Crippen LogP contribution in [0.4, 0.5) is 0 Å². The number of hydrogen-bond donors (Lipinski definition) is 1. The lowest BCUT2D eigenvalue weighted by Gasteiger charge is -2.27. The van der Waals surface area contributed by atoms with Gasteiger partial charge in [-0.15, -0.1) is 0 Å². The number of carbonyl (C=O) groups is 2. The topological polar surface area (TPSA) is 78.6 Å².